The van der Waals surface area contributed by atoms with Gasteiger partial charge in [-0.1, -0.05) is 53.5 Å². The van der Waals surface area contributed by atoms with Gasteiger partial charge in [-0.15, -0.1) is 0 Å². The first-order chi connectivity index (χ1) is 13.5. The topological polar surface area (TPSA) is 56.1 Å². The summed E-state index contributed by atoms with van der Waals surface area (Å²) in [5, 5.41) is 13.3. The van der Waals surface area contributed by atoms with E-state index in [1.54, 1.807) is 23.1 Å². The highest BCUT2D eigenvalue weighted by molar-refractivity contribution is 6.35. The number of hydrogen-bond acceptors (Lipinski definition) is 3. The molecule has 28 heavy (non-hydrogen) atoms. The highest BCUT2D eigenvalue weighted by Gasteiger charge is 2.25. The van der Waals surface area contributed by atoms with E-state index >= 15 is 0 Å². The Morgan fingerprint density at radius 1 is 1.14 bits per heavy atom. The van der Waals surface area contributed by atoms with Crippen LogP contribution in [-0.2, 0) is 11.2 Å². The largest absolute Gasteiger partial charge is 0.360 e. The van der Waals surface area contributed by atoms with Gasteiger partial charge in [-0.3, -0.25) is 4.79 Å². The van der Waals surface area contributed by atoms with Crippen LogP contribution in [0.2, 0.25) is 10.0 Å². The van der Waals surface area contributed by atoms with Crippen molar-refractivity contribution in [1.82, 2.24) is 4.90 Å². The van der Waals surface area contributed by atoms with Crippen LogP contribution in [0.3, 0.4) is 0 Å². The fourth-order valence-corrected chi connectivity index (χ4v) is 3.92. The highest BCUT2D eigenvalue weighted by Crippen LogP contribution is 2.24. The van der Waals surface area contributed by atoms with E-state index in [2.05, 4.69) is 29.6 Å². The minimum Gasteiger partial charge on any atom is -0.360 e. The molecular formula is C22H21Cl2N3O. The van der Waals surface area contributed by atoms with Crippen molar-refractivity contribution in [3.05, 3.63) is 75.9 Å². The Hall–Kier alpha value is -2.48. The number of nitrogens with one attached hydrogen (secondary N) is 1. The molecule has 0 unspecified atom stereocenters. The monoisotopic (exact) mass is 413 g/mol. The Kier molecular flexibility index (Phi) is 6.97. The lowest BCUT2D eigenvalue weighted by molar-refractivity contribution is -0.128. The molecule has 0 atom stereocenters. The van der Waals surface area contributed by atoms with Gasteiger partial charge in [0.05, 0.1) is 0 Å². The molecule has 2 aromatic carbocycles. The summed E-state index contributed by atoms with van der Waals surface area (Å²) < 4.78 is 0. The van der Waals surface area contributed by atoms with Gasteiger partial charge in [0.25, 0.3) is 5.91 Å². The van der Waals surface area contributed by atoms with Gasteiger partial charge in [0.1, 0.15) is 11.6 Å². The smallest absolute Gasteiger partial charge is 0.266 e. The first-order valence-corrected chi connectivity index (χ1v) is 9.97. The molecule has 0 spiro atoms. The third-order valence-corrected chi connectivity index (χ3v) is 5.30. The predicted octanol–water partition coefficient (Wildman–Crippen LogP) is 5.29. The van der Waals surface area contributed by atoms with Crippen molar-refractivity contribution in [2.24, 2.45) is 5.92 Å². The molecule has 1 aliphatic heterocycles. The zero-order valence-corrected chi connectivity index (χ0v) is 16.9. The molecule has 1 fully saturated rings. The van der Waals surface area contributed by atoms with Crippen LogP contribution in [-0.4, -0.2) is 23.9 Å². The summed E-state index contributed by atoms with van der Waals surface area (Å²) in [7, 11) is 0. The zero-order valence-electron chi connectivity index (χ0n) is 15.4. The van der Waals surface area contributed by atoms with Gasteiger partial charge in [0.15, 0.2) is 0 Å². The van der Waals surface area contributed by atoms with Crippen LogP contribution < -0.4 is 5.32 Å². The summed E-state index contributed by atoms with van der Waals surface area (Å²) in [6.45, 7) is 1.33. The highest BCUT2D eigenvalue weighted by atomic mass is 35.5. The molecule has 1 amide bonds. The maximum Gasteiger partial charge on any atom is 0.266 e. The number of likely N-dealkylation sites (tertiary alicyclic amines) is 1. The molecule has 6 heteroatoms. The maximum atomic E-state index is 12.7. The number of anilines is 1. The van der Waals surface area contributed by atoms with Gasteiger partial charge < -0.3 is 10.2 Å². The first kappa shape index (κ1) is 20.3. The fraction of sp³-hybridized carbons (Fsp3) is 0.273. The van der Waals surface area contributed by atoms with Crippen LogP contribution in [0.25, 0.3) is 0 Å². The van der Waals surface area contributed by atoms with Crippen molar-refractivity contribution in [3.63, 3.8) is 0 Å². The Morgan fingerprint density at radius 2 is 1.79 bits per heavy atom. The summed E-state index contributed by atoms with van der Waals surface area (Å²) in [5.41, 5.74) is 2.02. The molecule has 1 aliphatic rings. The minimum atomic E-state index is -0.249. The van der Waals surface area contributed by atoms with E-state index in [0.717, 1.165) is 19.3 Å². The molecule has 0 bridgehead atoms. The molecule has 0 radical (unpaired) electrons. The SMILES string of the molecule is N#C/C(=C/Nc1cc(Cl)cc(Cl)c1)C(=O)N1CCC(Cc2ccccc2)CC1. The van der Waals surface area contributed by atoms with Crippen molar-refractivity contribution >= 4 is 34.8 Å². The van der Waals surface area contributed by atoms with Crippen LogP contribution in [0.15, 0.2) is 60.3 Å². The van der Waals surface area contributed by atoms with Crippen molar-refractivity contribution in [3.8, 4) is 6.07 Å². The normalized spacial score (nSPS) is 15.2. The number of carbonyl (C=O) groups is 1. The number of benzene rings is 2. The number of nitriles is 1. The van der Waals surface area contributed by atoms with Gasteiger partial charge in [0.2, 0.25) is 0 Å². The number of carbonyl (C=O) groups excluding carboxylic acids is 1. The Labute approximate surface area is 175 Å². The van der Waals surface area contributed by atoms with Gasteiger partial charge in [-0.2, -0.15) is 5.26 Å². The van der Waals surface area contributed by atoms with E-state index in [1.165, 1.54) is 11.8 Å². The third kappa shape index (κ3) is 5.51. The van der Waals surface area contributed by atoms with Gasteiger partial charge >= 0.3 is 0 Å². The lowest BCUT2D eigenvalue weighted by Gasteiger charge is -2.32. The van der Waals surface area contributed by atoms with E-state index in [4.69, 9.17) is 23.2 Å². The van der Waals surface area contributed by atoms with Crippen LogP contribution >= 0.6 is 23.2 Å². The number of piperidine rings is 1. The molecule has 0 saturated carbocycles. The maximum absolute atomic E-state index is 12.7. The predicted molar refractivity (Wildman–Crippen MR) is 113 cm³/mol. The minimum absolute atomic E-state index is 0.0672. The third-order valence-electron chi connectivity index (χ3n) is 4.87. The quantitative estimate of drug-likeness (QED) is 0.534. The summed E-state index contributed by atoms with van der Waals surface area (Å²) in [6, 6.07) is 17.4. The van der Waals surface area contributed by atoms with Crippen molar-refractivity contribution in [2.45, 2.75) is 19.3 Å². The van der Waals surface area contributed by atoms with E-state index in [1.807, 2.05) is 12.1 Å². The summed E-state index contributed by atoms with van der Waals surface area (Å²) in [5.74, 6) is 0.314. The molecule has 0 aliphatic carbocycles. The number of nitrogens with zero attached hydrogens (tertiary/aromatic N) is 2. The van der Waals surface area contributed by atoms with Crippen LogP contribution in [0.1, 0.15) is 18.4 Å². The molecule has 4 nitrogen and oxygen atoms in total. The molecule has 2 aromatic rings. The number of halogens is 2. The average molecular weight is 414 g/mol. The van der Waals surface area contributed by atoms with Gasteiger partial charge in [0, 0.05) is 35.0 Å². The molecule has 144 valence electrons. The second-order valence-corrected chi connectivity index (χ2v) is 7.77. The summed E-state index contributed by atoms with van der Waals surface area (Å²) >= 11 is 11.9. The van der Waals surface area contributed by atoms with E-state index < -0.39 is 0 Å². The van der Waals surface area contributed by atoms with Crippen LogP contribution in [0.4, 0.5) is 5.69 Å². The number of hydrogen-bond donors (Lipinski definition) is 1. The molecule has 0 aromatic heterocycles. The van der Waals surface area contributed by atoms with E-state index in [-0.39, 0.29) is 11.5 Å². The molecular weight excluding hydrogens is 393 g/mol. The lowest BCUT2D eigenvalue weighted by atomic mass is 9.90. The molecule has 3 rings (SSSR count). The fourth-order valence-electron chi connectivity index (χ4n) is 3.39. The van der Waals surface area contributed by atoms with Gasteiger partial charge in [-0.25, -0.2) is 0 Å². The van der Waals surface area contributed by atoms with Gasteiger partial charge in [-0.05, 0) is 48.9 Å². The number of rotatable bonds is 5. The second-order valence-electron chi connectivity index (χ2n) is 6.90. The Balaban J connectivity index is 1.57. The zero-order chi connectivity index (χ0) is 19.9. The van der Waals surface area contributed by atoms with Crippen LogP contribution in [0, 0.1) is 17.2 Å². The number of amides is 1. The standard InChI is InChI=1S/C22H21Cl2N3O/c23-19-11-20(24)13-21(12-19)26-15-18(14-25)22(28)27-8-6-17(7-9-27)10-16-4-2-1-3-5-16/h1-5,11-13,15,17,26H,6-10H2/b18-15-. The lowest BCUT2D eigenvalue weighted by Crippen LogP contribution is -2.39. The molecule has 1 saturated heterocycles. The summed E-state index contributed by atoms with van der Waals surface area (Å²) in [4.78, 5) is 14.4. The average Bonchev–Trinajstić information content (AvgIpc) is 2.69. The first-order valence-electron chi connectivity index (χ1n) is 9.21. The Bertz CT molecular complexity index is 877. The second kappa shape index (κ2) is 9.64. The Morgan fingerprint density at radius 3 is 2.39 bits per heavy atom. The van der Waals surface area contributed by atoms with Crippen molar-refractivity contribution < 1.29 is 4.79 Å². The van der Waals surface area contributed by atoms with Crippen molar-refractivity contribution in [2.75, 3.05) is 18.4 Å². The van der Waals surface area contributed by atoms with E-state index in [0.29, 0.717) is 34.7 Å². The molecule has 1 heterocycles. The van der Waals surface area contributed by atoms with Crippen molar-refractivity contribution in [1.29, 1.82) is 5.26 Å². The summed E-state index contributed by atoms with van der Waals surface area (Å²) in [6.07, 6.45) is 4.33. The van der Waals surface area contributed by atoms with Crippen LogP contribution in [0.5, 0.6) is 0 Å². The molecule has 1 N–H and O–H groups in total. The van der Waals surface area contributed by atoms with E-state index in [9.17, 15) is 10.1 Å².